The zero-order chi connectivity index (χ0) is 30.8. The van der Waals surface area contributed by atoms with Crippen LogP contribution in [0.3, 0.4) is 0 Å². The predicted octanol–water partition coefficient (Wildman–Crippen LogP) is 12.0. The van der Waals surface area contributed by atoms with Crippen molar-refractivity contribution >= 4 is 75.9 Å². The smallest absolute Gasteiger partial charge is 0.0541 e. The Bertz CT molecular complexity index is 2760. The molecular formula is C44H32N2. The Morgan fingerprint density at radius 3 is 1.24 bits per heavy atom. The lowest BCUT2D eigenvalue weighted by molar-refractivity contribution is 1.19. The van der Waals surface area contributed by atoms with Gasteiger partial charge in [-0.05, 0) is 121 Å². The minimum absolute atomic E-state index is 1.20. The topological polar surface area (TPSA) is 9.86 Å². The van der Waals surface area contributed by atoms with E-state index in [0.29, 0.717) is 0 Å². The monoisotopic (exact) mass is 588 g/mol. The molecule has 0 aliphatic heterocycles. The Hall–Kier alpha value is -5.60. The number of aryl methyl sites for hydroxylation is 4. The SMILES string of the molecule is Cc1ccc2c(c1)c1cc(C)ccc1n2-c1cc2ccc3ccc(-n4c5ccc(C)cc5c5cc(C)ccc54)c4ccc(c1)c2c34. The van der Waals surface area contributed by atoms with E-state index in [0.717, 1.165) is 0 Å². The Balaban J connectivity index is 1.27. The summed E-state index contributed by atoms with van der Waals surface area (Å²) in [5, 5.41) is 13.0. The molecule has 0 N–H and O–H groups in total. The van der Waals surface area contributed by atoms with Gasteiger partial charge in [0, 0.05) is 32.6 Å². The van der Waals surface area contributed by atoms with Gasteiger partial charge in [0.2, 0.25) is 0 Å². The van der Waals surface area contributed by atoms with Gasteiger partial charge in [-0.3, -0.25) is 0 Å². The maximum Gasteiger partial charge on any atom is 0.0541 e. The van der Waals surface area contributed by atoms with Crippen LogP contribution in [0, 0.1) is 27.7 Å². The number of aromatic nitrogens is 2. The second-order valence-corrected chi connectivity index (χ2v) is 13.4. The van der Waals surface area contributed by atoms with Gasteiger partial charge >= 0.3 is 0 Å². The molecule has 0 atom stereocenters. The zero-order valence-electron chi connectivity index (χ0n) is 26.4. The van der Waals surface area contributed by atoms with Gasteiger partial charge in [0.05, 0.1) is 27.8 Å². The number of benzene rings is 8. The number of rotatable bonds is 2. The van der Waals surface area contributed by atoms with Crippen LogP contribution in [0.2, 0.25) is 0 Å². The lowest BCUT2D eigenvalue weighted by atomic mass is 9.93. The van der Waals surface area contributed by atoms with Crippen molar-refractivity contribution in [1.29, 1.82) is 0 Å². The summed E-state index contributed by atoms with van der Waals surface area (Å²) in [6.07, 6.45) is 0. The summed E-state index contributed by atoms with van der Waals surface area (Å²) >= 11 is 0. The van der Waals surface area contributed by atoms with Gasteiger partial charge in [-0.2, -0.15) is 0 Å². The number of hydrogen-bond acceptors (Lipinski definition) is 0. The second-order valence-electron chi connectivity index (χ2n) is 13.4. The van der Waals surface area contributed by atoms with Crippen molar-refractivity contribution in [2.75, 3.05) is 0 Å². The molecule has 46 heavy (non-hydrogen) atoms. The molecule has 10 rings (SSSR count). The molecule has 0 unspecified atom stereocenters. The first-order valence-corrected chi connectivity index (χ1v) is 16.2. The van der Waals surface area contributed by atoms with Gasteiger partial charge in [-0.15, -0.1) is 0 Å². The van der Waals surface area contributed by atoms with E-state index in [-0.39, 0.29) is 0 Å². The van der Waals surface area contributed by atoms with E-state index in [1.807, 2.05) is 0 Å². The summed E-state index contributed by atoms with van der Waals surface area (Å²) in [4.78, 5) is 0. The minimum Gasteiger partial charge on any atom is -0.309 e. The normalized spacial score (nSPS) is 12.3. The van der Waals surface area contributed by atoms with E-state index in [2.05, 4.69) is 158 Å². The van der Waals surface area contributed by atoms with Crippen LogP contribution in [0.15, 0.2) is 121 Å². The van der Waals surface area contributed by atoms with Gasteiger partial charge in [-0.1, -0.05) is 76.9 Å². The molecule has 0 spiro atoms. The number of hydrogen-bond donors (Lipinski definition) is 0. The Kier molecular flexibility index (Phi) is 5.02. The standard InChI is InChI=1S/C44H32N2/c1-25-5-14-39-34(19-25)35-20-26(2)6-15-40(35)45(39)32-23-30-10-9-29-12-18-38(33-13-11-31(24-32)43(30)44(29)33)46-41-16-7-27(3)21-36(41)37-22-28(4)8-17-42(37)46/h5-24H,1-4H3. The maximum absolute atomic E-state index is 2.48. The summed E-state index contributed by atoms with van der Waals surface area (Å²) < 4.78 is 4.93. The van der Waals surface area contributed by atoms with Crippen molar-refractivity contribution in [3.8, 4) is 11.4 Å². The highest BCUT2D eigenvalue weighted by molar-refractivity contribution is 6.26. The lowest BCUT2D eigenvalue weighted by Crippen LogP contribution is -1.98. The maximum atomic E-state index is 2.48. The molecule has 0 aliphatic rings. The molecule has 0 fully saturated rings. The fourth-order valence-electron chi connectivity index (χ4n) is 8.15. The van der Waals surface area contributed by atoms with Gasteiger partial charge in [-0.25, -0.2) is 0 Å². The quantitative estimate of drug-likeness (QED) is 0.178. The summed E-state index contributed by atoms with van der Waals surface area (Å²) in [6, 6.07) is 46.1. The molecule has 0 aliphatic carbocycles. The Morgan fingerprint density at radius 1 is 0.326 bits per heavy atom. The molecule has 2 aromatic heterocycles. The molecule has 218 valence electrons. The van der Waals surface area contributed by atoms with Crippen molar-refractivity contribution in [3.05, 3.63) is 144 Å². The van der Waals surface area contributed by atoms with Gasteiger partial charge in [0.25, 0.3) is 0 Å². The van der Waals surface area contributed by atoms with E-state index in [9.17, 15) is 0 Å². The zero-order valence-corrected chi connectivity index (χ0v) is 26.4. The highest BCUT2D eigenvalue weighted by Crippen LogP contribution is 2.42. The summed E-state index contributed by atoms with van der Waals surface area (Å²) in [6.45, 7) is 8.73. The average molecular weight is 589 g/mol. The lowest BCUT2D eigenvalue weighted by Gasteiger charge is -2.18. The molecule has 2 nitrogen and oxygen atoms in total. The molecule has 2 heterocycles. The van der Waals surface area contributed by atoms with Crippen molar-refractivity contribution in [3.63, 3.8) is 0 Å². The molecule has 0 amide bonds. The van der Waals surface area contributed by atoms with Crippen LogP contribution in [0.5, 0.6) is 0 Å². The molecule has 10 aromatic rings. The van der Waals surface area contributed by atoms with E-state index in [1.54, 1.807) is 0 Å². The number of fused-ring (bicyclic) bond motifs is 6. The summed E-state index contributed by atoms with van der Waals surface area (Å²) in [5.41, 5.74) is 12.6. The molecule has 0 radical (unpaired) electrons. The molecule has 0 bridgehead atoms. The van der Waals surface area contributed by atoms with E-state index in [4.69, 9.17) is 0 Å². The van der Waals surface area contributed by atoms with Crippen LogP contribution in [0.25, 0.3) is 87.3 Å². The first kappa shape index (κ1) is 25.7. The molecule has 8 aromatic carbocycles. The molecule has 0 saturated carbocycles. The van der Waals surface area contributed by atoms with Gasteiger partial charge < -0.3 is 9.13 Å². The van der Waals surface area contributed by atoms with E-state index < -0.39 is 0 Å². The fraction of sp³-hybridized carbons (Fsp3) is 0.0909. The Labute approximate surface area is 267 Å². The molecular weight excluding hydrogens is 556 g/mol. The van der Waals surface area contributed by atoms with Crippen molar-refractivity contribution in [2.45, 2.75) is 27.7 Å². The summed E-state index contributed by atoms with van der Waals surface area (Å²) in [7, 11) is 0. The van der Waals surface area contributed by atoms with Crippen molar-refractivity contribution in [2.24, 2.45) is 0 Å². The fourth-order valence-corrected chi connectivity index (χ4v) is 8.15. The minimum atomic E-state index is 1.20. The predicted molar refractivity (Wildman–Crippen MR) is 198 cm³/mol. The molecule has 2 heteroatoms. The first-order chi connectivity index (χ1) is 22.4. The largest absolute Gasteiger partial charge is 0.309 e. The second kappa shape index (κ2) is 8.99. The van der Waals surface area contributed by atoms with Crippen molar-refractivity contribution in [1.82, 2.24) is 9.13 Å². The molecule has 0 saturated heterocycles. The first-order valence-electron chi connectivity index (χ1n) is 16.2. The van der Waals surface area contributed by atoms with Crippen LogP contribution in [0.1, 0.15) is 22.3 Å². The van der Waals surface area contributed by atoms with Crippen LogP contribution in [0.4, 0.5) is 0 Å². The third-order valence-corrected chi connectivity index (χ3v) is 10.2. The summed E-state index contributed by atoms with van der Waals surface area (Å²) in [5.74, 6) is 0. The van der Waals surface area contributed by atoms with Gasteiger partial charge in [0.1, 0.15) is 0 Å². The van der Waals surface area contributed by atoms with Crippen LogP contribution < -0.4 is 0 Å². The average Bonchev–Trinajstić information content (AvgIpc) is 3.54. The van der Waals surface area contributed by atoms with Crippen LogP contribution in [-0.2, 0) is 0 Å². The Morgan fingerprint density at radius 2 is 0.739 bits per heavy atom. The van der Waals surface area contributed by atoms with Crippen LogP contribution in [-0.4, -0.2) is 9.13 Å². The van der Waals surface area contributed by atoms with E-state index >= 15 is 0 Å². The highest BCUT2D eigenvalue weighted by Gasteiger charge is 2.19. The number of nitrogens with zero attached hydrogens (tertiary/aromatic N) is 2. The highest BCUT2D eigenvalue weighted by atomic mass is 15.0. The third kappa shape index (κ3) is 3.42. The van der Waals surface area contributed by atoms with Crippen LogP contribution >= 0.6 is 0 Å². The van der Waals surface area contributed by atoms with Gasteiger partial charge in [0.15, 0.2) is 0 Å². The van der Waals surface area contributed by atoms with Crippen molar-refractivity contribution < 1.29 is 0 Å². The third-order valence-electron chi connectivity index (χ3n) is 10.2. The van der Waals surface area contributed by atoms with E-state index in [1.165, 1.54) is 110 Å².